The molecule has 0 aromatic heterocycles. The van der Waals surface area contributed by atoms with Gasteiger partial charge in [0.25, 0.3) is 0 Å². The van der Waals surface area contributed by atoms with Crippen LogP contribution in [0.15, 0.2) is 0 Å². The van der Waals surface area contributed by atoms with Crippen molar-refractivity contribution in [2.45, 2.75) is 38.6 Å². The van der Waals surface area contributed by atoms with Crippen LogP contribution in [-0.2, 0) is 14.8 Å². The predicted molar refractivity (Wildman–Crippen MR) is 77.8 cm³/mol. The van der Waals surface area contributed by atoms with Gasteiger partial charge >= 0.3 is 0 Å². The van der Waals surface area contributed by atoms with Crippen molar-refractivity contribution in [3.63, 3.8) is 0 Å². The largest absolute Gasteiger partial charge is 0.353 e. The molecular formula is C13H25N3O3S. The summed E-state index contributed by atoms with van der Waals surface area (Å²) in [6, 6.07) is 0.242. The smallest absolute Gasteiger partial charge is 0.224 e. The number of carbonyl (C=O) groups excluding carboxylic acids is 1. The average molecular weight is 303 g/mol. The fourth-order valence-corrected chi connectivity index (χ4v) is 4.57. The molecule has 2 N–H and O–H groups in total. The number of nitrogens with one attached hydrogen (secondary N) is 2. The van der Waals surface area contributed by atoms with E-state index >= 15 is 0 Å². The average Bonchev–Trinajstić information content (AvgIpc) is 2.92. The maximum Gasteiger partial charge on any atom is 0.224 e. The molecule has 7 heteroatoms. The summed E-state index contributed by atoms with van der Waals surface area (Å²) in [5.74, 6) is -0.711. The van der Waals surface area contributed by atoms with E-state index in [0.717, 1.165) is 25.7 Å². The van der Waals surface area contributed by atoms with Gasteiger partial charge in [0.15, 0.2) is 0 Å². The van der Waals surface area contributed by atoms with Gasteiger partial charge in [0.1, 0.15) is 0 Å². The lowest BCUT2D eigenvalue weighted by Crippen LogP contribution is -2.49. The third-order valence-corrected chi connectivity index (χ3v) is 6.15. The number of hydrogen-bond donors (Lipinski definition) is 2. The monoisotopic (exact) mass is 303 g/mol. The maximum atomic E-state index is 12.3. The molecule has 2 fully saturated rings. The SMILES string of the molecule is CC(CS(=O)(=O)N1CCNCC1)C(=O)NC1CCCC1. The molecule has 1 atom stereocenters. The lowest BCUT2D eigenvalue weighted by molar-refractivity contribution is -0.124. The highest BCUT2D eigenvalue weighted by Crippen LogP contribution is 2.18. The highest BCUT2D eigenvalue weighted by Gasteiger charge is 2.29. The molecule has 1 aliphatic heterocycles. The number of sulfonamides is 1. The van der Waals surface area contributed by atoms with Gasteiger partial charge in [-0.25, -0.2) is 8.42 Å². The van der Waals surface area contributed by atoms with E-state index in [0.29, 0.717) is 26.2 Å². The molecule has 0 radical (unpaired) electrons. The van der Waals surface area contributed by atoms with E-state index in [1.54, 1.807) is 6.92 Å². The first-order chi connectivity index (χ1) is 9.49. The Morgan fingerprint density at radius 2 is 1.90 bits per heavy atom. The van der Waals surface area contributed by atoms with Crippen LogP contribution >= 0.6 is 0 Å². The molecule has 6 nitrogen and oxygen atoms in total. The van der Waals surface area contributed by atoms with Crippen LogP contribution in [0.2, 0.25) is 0 Å². The van der Waals surface area contributed by atoms with E-state index in [1.807, 2.05) is 0 Å². The molecule has 1 aliphatic carbocycles. The lowest BCUT2D eigenvalue weighted by Gasteiger charge is -2.27. The Labute approximate surface area is 121 Å². The van der Waals surface area contributed by atoms with Crippen LogP contribution in [0.5, 0.6) is 0 Å². The number of nitrogens with zero attached hydrogens (tertiary/aromatic N) is 1. The highest BCUT2D eigenvalue weighted by atomic mass is 32.2. The lowest BCUT2D eigenvalue weighted by atomic mass is 10.1. The maximum absolute atomic E-state index is 12.3. The Bertz CT molecular complexity index is 426. The molecular weight excluding hydrogens is 278 g/mol. The summed E-state index contributed by atoms with van der Waals surface area (Å²) in [7, 11) is -3.33. The minimum absolute atomic E-state index is 0.0917. The van der Waals surface area contributed by atoms with Crippen molar-refractivity contribution in [1.29, 1.82) is 0 Å². The zero-order valence-electron chi connectivity index (χ0n) is 12.1. The third kappa shape index (κ3) is 4.17. The van der Waals surface area contributed by atoms with Crippen LogP contribution in [0.1, 0.15) is 32.6 Å². The van der Waals surface area contributed by atoms with Gasteiger partial charge in [-0.2, -0.15) is 4.31 Å². The summed E-state index contributed by atoms with van der Waals surface area (Å²) in [6.07, 6.45) is 4.34. The second kappa shape index (κ2) is 6.87. The van der Waals surface area contributed by atoms with Crippen LogP contribution in [0, 0.1) is 5.92 Å². The Hall–Kier alpha value is -0.660. The van der Waals surface area contributed by atoms with Crippen molar-refractivity contribution in [3.8, 4) is 0 Å². The zero-order valence-corrected chi connectivity index (χ0v) is 12.9. The topological polar surface area (TPSA) is 78.5 Å². The molecule has 1 amide bonds. The van der Waals surface area contributed by atoms with E-state index in [1.165, 1.54) is 4.31 Å². The quantitative estimate of drug-likeness (QED) is 0.744. The minimum Gasteiger partial charge on any atom is -0.353 e. The number of amides is 1. The Balaban J connectivity index is 1.85. The first-order valence-corrected chi connectivity index (χ1v) is 9.09. The summed E-state index contributed by atoms with van der Waals surface area (Å²) >= 11 is 0. The Kier molecular flexibility index (Phi) is 5.40. The first-order valence-electron chi connectivity index (χ1n) is 7.48. The van der Waals surface area contributed by atoms with Crippen LogP contribution in [0.25, 0.3) is 0 Å². The van der Waals surface area contributed by atoms with Gasteiger partial charge in [-0.15, -0.1) is 0 Å². The third-order valence-electron chi connectivity index (χ3n) is 4.08. The molecule has 1 saturated carbocycles. The van der Waals surface area contributed by atoms with Gasteiger partial charge in [-0.1, -0.05) is 19.8 Å². The molecule has 116 valence electrons. The number of carbonyl (C=O) groups is 1. The number of rotatable bonds is 5. The Morgan fingerprint density at radius 1 is 1.30 bits per heavy atom. The number of piperazine rings is 1. The second-order valence-electron chi connectivity index (χ2n) is 5.82. The van der Waals surface area contributed by atoms with Crippen LogP contribution in [0.3, 0.4) is 0 Å². The van der Waals surface area contributed by atoms with Crippen molar-refractivity contribution < 1.29 is 13.2 Å². The van der Waals surface area contributed by atoms with Crippen molar-refractivity contribution in [1.82, 2.24) is 14.9 Å². The van der Waals surface area contributed by atoms with Crippen molar-refractivity contribution in [2.75, 3.05) is 31.9 Å². The molecule has 0 bridgehead atoms. The molecule has 1 saturated heterocycles. The van der Waals surface area contributed by atoms with Crippen LogP contribution in [-0.4, -0.2) is 56.6 Å². The Morgan fingerprint density at radius 3 is 2.50 bits per heavy atom. The predicted octanol–water partition coefficient (Wildman–Crippen LogP) is -0.0837. The fourth-order valence-electron chi connectivity index (χ4n) is 2.83. The van der Waals surface area contributed by atoms with Crippen LogP contribution in [0.4, 0.5) is 0 Å². The normalized spacial score (nSPS) is 23.6. The van der Waals surface area contributed by atoms with Crippen LogP contribution < -0.4 is 10.6 Å². The van der Waals surface area contributed by atoms with Crippen molar-refractivity contribution >= 4 is 15.9 Å². The number of hydrogen-bond acceptors (Lipinski definition) is 4. The van der Waals surface area contributed by atoms with Crippen molar-refractivity contribution in [3.05, 3.63) is 0 Å². The van der Waals surface area contributed by atoms with Crippen molar-refractivity contribution in [2.24, 2.45) is 5.92 Å². The molecule has 0 spiro atoms. The molecule has 2 aliphatic rings. The molecule has 2 rings (SSSR count). The first kappa shape index (κ1) is 15.7. The highest BCUT2D eigenvalue weighted by molar-refractivity contribution is 7.89. The summed E-state index contributed by atoms with van der Waals surface area (Å²) < 4.78 is 26.0. The summed E-state index contributed by atoms with van der Waals surface area (Å²) in [4.78, 5) is 12.1. The van der Waals surface area contributed by atoms with E-state index in [2.05, 4.69) is 10.6 Å². The standard InChI is InChI=1S/C13H25N3O3S/c1-11(13(17)15-12-4-2-3-5-12)10-20(18,19)16-8-6-14-7-9-16/h11-12,14H,2-10H2,1H3,(H,15,17). The molecule has 1 unspecified atom stereocenters. The van der Waals surface area contributed by atoms with E-state index in [9.17, 15) is 13.2 Å². The summed E-state index contributed by atoms with van der Waals surface area (Å²) in [6.45, 7) is 4.06. The summed E-state index contributed by atoms with van der Waals surface area (Å²) in [5.41, 5.74) is 0. The molecule has 1 heterocycles. The minimum atomic E-state index is -3.33. The van der Waals surface area contributed by atoms with Gasteiger partial charge in [0, 0.05) is 32.2 Å². The van der Waals surface area contributed by atoms with Gasteiger partial charge in [-0.05, 0) is 12.8 Å². The van der Waals surface area contributed by atoms with Gasteiger partial charge < -0.3 is 10.6 Å². The second-order valence-corrected chi connectivity index (χ2v) is 7.83. The molecule has 0 aromatic rings. The van der Waals surface area contributed by atoms with Gasteiger partial charge in [-0.3, -0.25) is 4.79 Å². The van der Waals surface area contributed by atoms with E-state index in [-0.39, 0.29) is 17.7 Å². The summed E-state index contributed by atoms with van der Waals surface area (Å²) in [5, 5.41) is 6.10. The zero-order chi connectivity index (χ0) is 14.6. The van der Waals surface area contributed by atoms with Gasteiger partial charge in [0.2, 0.25) is 15.9 Å². The van der Waals surface area contributed by atoms with E-state index in [4.69, 9.17) is 0 Å². The van der Waals surface area contributed by atoms with E-state index < -0.39 is 15.9 Å². The fraction of sp³-hybridized carbons (Fsp3) is 0.923. The molecule has 0 aromatic carbocycles. The molecule has 20 heavy (non-hydrogen) atoms. The van der Waals surface area contributed by atoms with Gasteiger partial charge in [0.05, 0.1) is 11.7 Å².